The summed E-state index contributed by atoms with van der Waals surface area (Å²) in [4.78, 5) is 4.51. The van der Waals surface area contributed by atoms with Crippen molar-refractivity contribution in [2.24, 2.45) is 0 Å². The second kappa shape index (κ2) is 5.68. The number of halogens is 3. The van der Waals surface area contributed by atoms with Crippen LogP contribution in [-0.2, 0) is 6.42 Å². The molecular formula is C15H10Cl2FNS. The first-order valence-electron chi connectivity index (χ1n) is 6.07. The molecule has 1 atom stereocenters. The Morgan fingerprint density at radius 1 is 1.20 bits per heavy atom. The first-order chi connectivity index (χ1) is 9.63. The number of para-hydroxylation sites is 1. The highest BCUT2D eigenvalue weighted by atomic mass is 35.5. The van der Waals surface area contributed by atoms with Crippen molar-refractivity contribution in [2.75, 3.05) is 0 Å². The lowest BCUT2D eigenvalue weighted by Crippen LogP contribution is -1.98. The number of nitrogens with zero attached hydrogens (tertiary/aromatic N) is 1. The molecule has 0 N–H and O–H groups in total. The molecule has 1 nitrogen and oxygen atoms in total. The molecule has 0 aliphatic heterocycles. The van der Waals surface area contributed by atoms with Crippen LogP contribution < -0.4 is 0 Å². The molecule has 3 rings (SSSR count). The summed E-state index contributed by atoms with van der Waals surface area (Å²) in [5, 5.41) is 0.899. The van der Waals surface area contributed by atoms with Gasteiger partial charge in [-0.1, -0.05) is 23.7 Å². The summed E-state index contributed by atoms with van der Waals surface area (Å²) in [6.45, 7) is 0. The summed E-state index contributed by atoms with van der Waals surface area (Å²) in [5.74, 6) is -0.337. The Morgan fingerprint density at radius 3 is 2.80 bits per heavy atom. The number of hydrogen-bond acceptors (Lipinski definition) is 2. The van der Waals surface area contributed by atoms with E-state index in [1.54, 1.807) is 17.4 Å². The smallest absolute Gasteiger partial charge is 0.128 e. The van der Waals surface area contributed by atoms with Gasteiger partial charge in [-0.2, -0.15) is 0 Å². The predicted octanol–water partition coefficient (Wildman–Crippen LogP) is 5.61. The van der Waals surface area contributed by atoms with Crippen LogP contribution in [0, 0.1) is 5.82 Å². The molecule has 20 heavy (non-hydrogen) atoms. The minimum atomic E-state index is -0.478. The maximum absolute atomic E-state index is 13.8. The zero-order chi connectivity index (χ0) is 14.1. The minimum Gasteiger partial charge on any atom is -0.241 e. The Labute approximate surface area is 130 Å². The van der Waals surface area contributed by atoms with Crippen molar-refractivity contribution >= 4 is 44.8 Å². The Morgan fingerprint density at radius 2 is 2.00 bits per heavy atom. The van der Waals surface area contributed by atoms with Crippen molar-refractivity contribution in [2.45, 2.75) is 11.8 Å². The molecule has 1 aromatic heterocycles. The molecule has 1 unspecified atom stereocenters. The SMILES string of the molecule is Fc1ccc(Cl)cc1C(Cl)Cc1nc2ccccc2s1. The van der Waals surface area contributed by atoms with Crippen LogP contribution in [0.4, 0.5) is 4.39 Å². The predicted molar refractivity (Wildman–Crippen MR) is 83.3 cm³/mol. The van der Waals surface area contributed by atoms with Crippen LogP contribution in [0.3, 0.4) is 0 Å². The number of alkyl halides is 1. The van der Waals surface area contributed by atoms with Gasteiger partial charge in [0.15, 0.2) is 0 Å². The third kappa shape index (κ3) is 2.80. The highest BCUT2D eigenvalue weighted by Gasteiger charge is 2.16. The summed E-state index contributed by atoms with van der Waals surface area (Å²) < 4.78 is 14.9. The van der Waals surface area contributed by atoms with Crippen LogP contribution >= 0.6 is 34.5 Å². The normalized spacial score (nSPS) is 12.8. The summed E-state index contributed by atoms with van der Waals surface area (Å²) in [7, 11) is 0. The third-order valence-electron chi connectivity index (χ3n) is 2.99. The van der Waals surface area contributed by atoms with Gasteiger partial charge >= 0.3 is 0 Å². The summed E-state index contributed by atoms with van der Waals surface area (Å²) in [6, 6.07) is 12.3. The fourth-order valence-corrected chi connectivity index (χ4v) is 3.62. The van der Waals surface area contributed by atoms with E-state index < -0.39 is 5.38 Å². The molecule has 2 aromatic carbocycles. The quantitative estimate of drug-likeness (QED) is 0.570. The highest BCUT2D eigenvalue weighted by Crippen LogP contribution is 2.32. The van der Waals surface area contributed by atoms with Gasteiger partial charge in [-0.15, -0.1) is 22.9 Å². The Balaban J connectivity index is 1.88. The van der Waals surface area contributed by atoms with E-state index in [1.807, 2.05) is 24.3 Å². The molecule has 0 radical (unpaired) electrons. The van der Waals surface area contributed by atoms with Crippen LogP contribution in [0.2, 0.25) is 5.02 Å². The van der Waals surface area contributed by atoms with Crippen LogP contribution in [-0.4, -0.2) is 4.98 Å². The fraction of sp³-hybridized carbons (Fsp3) is 0.133. The fourth-order valence-electron chi connectivity index (χ4n) is 2.03. The molecule has 3 aromatic rings. The molecule has 0 fully saturated rings. The number of rotatable bonds is 3. The van der Waals surface area contributed by atoms with Crippen molar-refractivity contribution in [3.63, 3.8) is 0 Å². The standard InChI is InChI=1S/C15H10Cl2FNS/c16-9-5-6-12(18)10(7-9)11(17)8-15-19-13-3-1-2-4-14(13)20-15/h1-7,11H,8H2. The molecule has 102 valence electrons. The van der Waals surface area contributed by atoms with Crippen molar-refractivity contribution in [1.29, 1.82) is 0 Å². The van der Waals surface area contributed by atoms with Crippen molar-refractivity contribution < 1.29 is 4.39 Å². The third-order valence-corrected chi connectivity index (χ3v) is 4.67. The first kappa shape index (κ1) is 13.8. The van der Waals surface area contributed by atoms with E-state index in [0.717, 1.165) is 15.2 Å². The molecule has 1 heterocycles. The number of fused-ring (bicyclic) bond motifs is 1. The molecule has 5 heteroatoms. The van der Waals surface area contributed by atoms with Crippen LogP contribution in [0.15, 0.2) is 42.5 Å². The number of thiazole rings is 1. The molecule has 0 aliphatic rings. The van der Waals surface area contributed by atoms with E-state index in [2.05, 4.69) is 4.98 Å². The van der Waals surface area contributed by atoms with Crippen molar-refractivity contribution in [3.8, 4) is 0 Å². The maximum Gasteiger partial charge on any atom is 0.128 e. The van der Waals surface area contributed by atoms with Crippen molar-refractivity contribution in [3.05, 3.63) is 63.9 Å². The average molecular weight is 326 g/mol. The number of aromatic nitrogens is 1. The van der Waals surface area contributed by atoms with E-state index in [9.17, 15) is 4.39 Å². The lowest BCUT2D eigenvalue weighted by molar-refractivity contribution is 0.606. The maximum atomic E-state index is 13.8. The molecular weight excluding hydrogens is 316 g/mol. The first-order valence-corrected chi connectivity index (χ1v) is 7.70. The molecule has 0 spiro atoms. The van der Waals surface area contributed by atoms with E-state index in [4.69, 9.17) is 23.2 Å². The zero-order valence-electron chi connectivity index (χ0n) is 10.3. The van der Waals surface area contributed by atoms with Gasteiger partial charge in [0.05, 0.1) is 20.6 Å². The topological polar surface area (TPSA) is 12.9 Å². The molecule has 0 amide bonds. The van der Waals surface area contributed by atoms with Crippen LogP contribution in [0.1, 0.15) is 15.9 Å². The van der Waals surface area contributed by atoms with Gasteiger partial charge in [0.2, 0.25) is 0 Å². The number of benzene rings is 2. The van der Waals surface area contributed by atoms with E-state index in [0.29, 0.717) is 17.0 Å². The van der Waals surface area contributed by atoms with Gasteiger partial charge in [0.25, 0.3) is 0 Å². The van der Waals surface area contributed by atoms with Gasteiger partial charge in [0, 0.05) is 17.0 Å². The lowest BCUT2D eigenvalue weighted by atomic mass is 10.1. The van der Waals surface area contributed by atoms with E-state index in [1.165, 1.54) is 12.1 Å². The minimum absolute atomic E-state index is 0.337. The molecule has 0 saturated carbocycles. The van der Waals surface area contributed by atoms with E-state index in [-0.39, 0.29) is 5.82 Å². The monoisotopic (exact) mass is 325 g/mol. The largest absolute Gasteiger partial charge is 0.241 e. The zero-order valence-corrected chi connectivity index (χ0v) is 12.6. The molecule has 0 bridgehead atoms. The van der Waals surface area contributed by atoms with Gasteiger partial charge in [-0.05, 0) is 30.3 Å². The van der Waals surface area contributed by atoms with Gasteiger partial charge in [0.1, 0.15) is 5.82 Å². The summed E-state index contributed by atoms with van der Waals surface area (Å²) >= 11 is 13.8. The Hall–Kier alpha value is -1.16. The second-order valence-corrected chi connectivity index (χ2v) is 6.49. The van der Waals surface area contributed by atoms with Gasteiger partial charge in [-0.3, -0.25) is 0 Å². The van der Waals surface area contributed by atoms with E-state index >= 15 is 0 Å². The highest BCUT2D eigenvalue weighted by molar-refractivity contribution is 7.18. The van der Waals surface area contributed by atoms with Crippen LogP contribution in [0.5, 0.6) is 0 Å². The van der Waals surface area contributed by atoms with Gasteiger partial charge in [-0.25, -0.2) is 9.37 Å². The van der Waals surface area contributed by atoms with Crippen LogP contribution in [0.25, 0.3) is 10.2 Å². The molecule has 0 aliphatic carbocycles. The number of hydrogen-bond donors (Lipinski definition) is 0. The average Bonchev–Trinajstić information content (AvgIpc) is 2.83. The summed E-state index contributed by atoms with van der Waals surface area (Å²) in [6.07, 6.45) is 0.484. The molecule has 0 saturated heterocycles. The summed E-state index contributed by atoms with van der Waals surface area (Å²) in [5.41, 5.74) is 1.36. The van der Waals surface area contributed by atoms with Crippen molar-refractivity contribution in [1.82, 2.24) is 4.98 Å². The Kier molecular flexibility index (Phi) is 3.92. The lowest BCUT2D eigenvalue weighted by Gasteiger charge is -2.09. The second-order valence-electron chi connectivity index (χ2n) is 4.41. The van der Waals surface area contributed by atoms with Gasteiger partial charge < -0.3 is 0 Å². The Bertz CT molecular complexity index is 723.